The number of ether oxygens (including phenoxy) is 2. The molecule has 1 N–H and O–H groups in total. The highest BCUT2D eigenvalue weighted by Gasteiger charge is 2.28. The van der Waals surface area contributed by atoms with Gasteiger partial charge in [0.1, 0.15) is 12.4 Å². The van der Waals surface area contributed by atoms with Crippen molar-refractivity contribution < 1.29 is 24.2 Å². The summed E-state index contributed by atoms with van der Waals surface area (Å²) in [5.41, 5.74) is 2.65. The summed E-state index contributed by atoms with van der Waals surface area (Å²) in [4.78, 5) is 25.2. The van der Waals surface area contributed by atoms with Crippen LogP contribution in [0.5, 0.6) is 5.75 Å². The Hall–Kier alpha value is -3.03. The molecule has 0 unspecified atom stereocenters. The number of aliphatic carboxylic acids is 1. The van der Waals surface area contributed by atoms with Crippen molar-refractivity contribution in [3.05, 3.63) is 36.2 Å². The monoisotopic (exact) mass is 457 g/mol. The van der Waals surface area contributed by atoms with Crippen molar-refractivity contribution in [3.63, 3.8) is 0 Å². The molecule has 1 fully saturated rings. The van der Waals surface area contributed by atoms with E-state index in [1.807, 2.05) is 31.3 Å². The fourth-order valence-electron chi connectivity index (χ4n) is 4.04. The number of carboxylic acids is 1. The molecular weight excluding hydrogens is 422 g/mol. The van der Waals surface area contributed by atoms with Gasteiger partial charge in [-0.3, -0.25) is 9.48 Å². The zero-order valence-electron chi connectivity index (χ0n) is 20.0. The number of carbonyl (C=O) groups excluding carboxylic acids is 1. The number of aromatic nitrogens is 2. The van der Waals surface area contributed by atoms with Gasteiger partial charge < -0.3 is 19.5 Å². The summed E-state index contributed by atoms with van der Waals surface area (Å²) in [6, 6.07) is 7.68. The number of carboxylic acid groups (broad SMARTS) is 1. The van der Waals surface area contributed by atoms with Crippen LogP contribution in [0.25, 0.3) is 11.1 Å². The van der Waals surface area contributed by atoms with E-state index < -0.39 is 5.97 Å². The Morgan fingerprint density at radius 1 is 1.24 bits per heavy atom. The van der Waals surface area contributed by atoms with Crippen molar-refractivity contribution in [1.29, 1.82) is 0 Å². The first-order valence-corrected chi connectivity index (χ1v) is 11.6. The zero-order chi connectivity index (χ0) is 24.0. The smallest absolute Gasteiger partial charge is 0.409 e. The Labute approximate surface area is 195 Å². The van der Waals surface area contributed by atoms with Gasteiger partial charge in [-0.25, -0.2) is 4.79 Å². The van der Waals surface area contributed by atoms with Gasteiger partial charge in [0.15, 0.2) is 0 Å². The van der Waals surface area contributed by atoms with E-state index in [1.165, 1.54) is 0 Å². The number of nitrogens with zero attached hydrogens (tertiary/aromatic N) is 3. The quantitative estimate of drug-likeness (QED) is 0.585. The summed E-state index contributed by atoms with van der Waals surface area (Å²) < 4.78 is 13.3. The molecule has 1 heterocycles. The maximum atomic E-state index is 12.3. The molecule has 1 aromatic carbocycles. The molecule has 2 atom stereocenters. The highest BCUT2D eigenvalue weighted by Crippen LogP contribution is 2.30. The van der Waals surface area contributed by atoms with Crippen LogP contribution in [0.4, 0.5) is 4.79 Å². The van der Waals surface area contributed by atoms with E-state index in [1.54, 1.807) is 22.8 Å². The van der Waals surface area contributed by atoms with Crippen molar-refractivity contribution in [1.82, 2.24) is 14.7 Å². The van der Waals surface area contributed by atoms with E-state index in [-0.39, 0.29) is 24.7 Å². The summed E-state index contributed by atoms with van der Waals surface area (Å²) >= 11 is 0. The lowest BCUT2D eigenvalue weighted by atomic mass is 9.87. The summed E-state index contributed by atoms with van der Waals surface area (Å²) in [6.07, 6.45) is 5.26. The molecule has 2 aromatic rings. The lowest BCUT2D eigenvalue weighted by molar-refractivity contribution is -0.143. The van der Waals surface area contributed by atoms with E-state index in [0.717, 1.165) is 48.3 Å². The Morgan fingerprint density at radius 2 is 1.97 bits per heavy atom. The van der Waals surface area contributed by atoms with Gasteiger partial charge >= 0.3 is 12.1 Å². The Balaban J connectivity index is 1.61. The molecule has 1 aliphatic rings. The minimum absolute atomic E-state index is 0.0771. The zero-order valence-corrected chi connectivity index (χ0v) is 20.0. The van der Waals surface area contributed by atoms with Crippen LogP contribution in [0.2, 0.25) is 0 Å². The van der Waals surface area contributed by atoms with Crippen molar-refractivity contribution >= 4 is 12.1 Å². The fraction of sp³-hybridized carbons (Fsp3) is 0.560. The molecule has 180 valence electrons. The minimum Gasteiger partial charge on any atom is -0.490 e. The Kier molecular flexibility index (Phi) is 8.36. The van der Waals surface area contributed by atoms with Crippen LogP contribution >= 0.6 is 0 Å². The molecule has 1 aromatic heterocycles. The summed E-state index contributed by atoms with van der Waals surface area (Å²) in [6.45, 7) is 5.04. The number of rotatable bonds is 9. The van der Waals surface area contributed by atoms with Crippen molar-refractivity contribution in [3.8, 4) is 16.9 Å². The molecular formula is C25H35N3O5. The van der Waals surface area contributed by atoms with Gasteiger partial charge in [-0.2, -0.15) is 5.10 Å². The maximum Gasteiger partial charge on any atom is 0.409 e. The summed E-state index contributed by atoms with van der Waals surface area (Å²) in [5.74, 6) is 0.175. The van der Waals surface area contributed by atoms with E-state index in [2.05, 4.69) is 18.9 Å². The van der Waals surface area contributed by atoms with Crippen molar-refractivity contribution in [2.75, 3.05) is 13.6 Å². The van der Waals surface area contributed by atoms with Gasteiger partial charge in [-0.15, -0.1) is 0 Å². The predicted octanol–water partition coefficient (Wildman–Crippen LogP) is 4.72. The van der Waals surface area contributed by atoms with Crippen LogP contribution in [-0.2, 0) is 23.2 Å². The second-order valence-corrected chi connectivity index (χ2v) is 9.25. The lowest BCUT2D eigenvalue weighted by Gasteiger charge is -2.27. The number of hydrogen-bond acceptors (Lipinski definition) is 5. The van der Waals surface area contributed by atoms with Gasteiger partial charge in [0.25, 0.3) is 0 Å². The van der Waals surface area contributed by atoms with Gasteiger partial charge in [0, 0.05) is 26.2 Å². The standard InChI is InChI=1S/C25H35N3O5/c1-17(2)12-13-27(3)25(31)32-16-23-22(15-26-28(23)4)18-8-10-20(11-9-18)33-21-7-5-6-19(14-21)24(29)30/h8-11,15,17,19,21H,5-7,12-14,16H2,1-4H3,(H,29,30)/t19-,21-/m0/s1. The SMILES string of the molecule is CC(C)CCN(C)C(=O)OCc1c(-c2ccc(O[C@H]3CCC[C@H](C(=O)O)C3)cc2)cnn1C. The lowest BCUT2D eigenvalue weighted by Crippen LogP contribution is -2.29. The number of aryl methyl sites for hydroxylation is 1. The number of hydrogen-bond donors (Lipinski definition) is 1. The van der Waals surface area contributed by atoms with Crippen LogP contribution in [0.1, 0.15) is 51.6 Å². The van der Waals surface area contributed by atoms with Crippen molar-refractivity contribution in [2.45, 2.75) is 58.7 Å². The maximum absolute atomic E-state index is 12.3. The molecule has 8 nitrogen and oxygen atoms in total. The third-order valence-corrected chi connectivity index (χ3v) is 6.19. The number of benzene rings is 1. The third kappa shape index (κ3) is 6.73. The van der Waals surface area contributed by atoms with Crippen LogP contribution in [0.15, 0.2) is 30.5 Å². The van der Waals surface area contributed by atoms with Crippen molar-refractivity contribution in [2.24, 2.45) is 18.9 Å². The normalized spacial score (nSPS) is 18.2. The average Bonchev–Trinajstić information content (AvgIpc) is 3.16. The molecule has 33 heavy (non-hydrogen) atoms. The molecule has 8 heteroatoms. The first kappa shape index (κ1) is 24.6. The van der Waals surface area contributed by atoms with Crippen LogP contribution in [0, 0.1) is 11.8 Å². The van der Waals surface area contributed by atoms with Gasteiger partial charge in [-0.1, -0.05) is 26.0 Å². The minimum atomic E-state index is -0.741. The molecule has 0 spiro atoms. The fourth-order valence-corrected chi connectivity index (χ4v) is 4.04. The van der Waals surface area contributed by atoms with E-state index in [9.17, 15) is 14.7 Å². The summed E-state index contributed by atoms with van der Waals surface area (Å²) in [5, 5.41) is 13.6. The van der Waals surface area contributed by atoms with Crippen LogP contribution in [-0.4, -0.2) is 51.5 Å². The molecule has 0 bridgehead atoms. The largest absolute Gasteiger partial charge is 0.490 e. The molecule has 3 rings (SSSR count). The Morgan fingerprint density at radius 3 is 2.64 bits per heavy atom. The topological polar surface area (TPSA) is 93.9 Å². The van der Waals surface area contributed by atoms with Gasteiger partial charge in [0.05, 0.1) is 23.9 Å². The van der Waals surface area contributed by atoms with E-state index in [4.69, 9.17) is 9.47 Å². The second-order valence-electron chi connectivity index (χ2n) is 9.25. The molecule has 0 saturated heterocycles. The first-order valence-electron chi connectivity index (χ1n) is 11.6. The molecule has 0 radical (unpaired) electrons. The van der Waals surface area contributed by atoms with Gasteiger partial charge in [0.2, 0.25) is 0 Å². The Bertz CT molecular complexity index is 938. The molecule has 1 aliphatic carbocycles. The van der Waals surface area contributed by atoms with Crippen LogP contribution < -0.4 is 4.74 Å². The molecule has 1 saturated carbocycles. The van der Waals surface area contributed by atoms with E-state index >= 15 is 0 Å². The predicted molar refractivity (Wildman–Crippen MR) is 125 cm³/mol. The number of amides is 1. The molecule has 0 aliphatic heterocycles. The molecule has 1 amide bonds. The number of carbonyl (C=O) groups is 2. The summed E-state index contributed by atoms with van der Waals surface area (Å²) in [7, 11) is 3.58. The third-order valence-electron chi connectivity index (χ3n) is 6.19. The van der Waals surface area contributed by atoms with Gasteiger partial charge in [-0.05, 0) is 55.7 Å². The van der Waals surface area contributed by atoms with Crippen LogP contribution in [0.3, 0.4) is 0 Å². The second kappa shape index (κ2) is 11.2. The highest BCUT2D eigenvalue weighted by atomic mass is 16.6. The highest BCUT2D eigenvalue weighted by molar-refractivity contribution is 5.70. The first-order chi connectivity index (χ1) is 15.7. The van der Waals surface area contributed by atoms with E-state index in [0.29, 0.717) is 18.9 Å². The average molecular weight is 458 g/mol.